The monoisotopic (exact) mass is 343 g/mol. The maximum Gasteiger partial charge on any atom is 0.240 e. The van der Waals surface area contributed by atoms with Crippen LogP contribution in [-0.4, -0.2) is 32.0 Å². The zero-order valence-electron chi connectivity index (χ0n) is 12.2. The Morgan fingerprint density at radius 2 is 2.18 bits per heavy atom. The molecule has 0 amide bonds. The number of imidazole rings is 1. The summed E-state index contributed by atoms with van der Waals surface area (Å²) in [6, 6.07) is 4.38. The third-order valence-corrected chi connectivity index (χ3v) is 4.87. The molecular formula is C14H18ClN3O3S. The molecule has 0 bridgehead atoms. The van der Waals surface area contributed by atoms with Gasteiger partial charge in [-0.1, -0.05) is 11.6 Å². The highest BCUT2D eigenvalue weighted by atomic mass is 35.5. The van der Waals surface area contributed by atoms with E-state index in [1.165, 1.54) is 25.3 Å². The molecule has 6 nitrogen and oxygen atoms in total. The largest absolute Gasteiger partial charge is 0.495 e. The van der Waals surface area contributed by atoms with Crippen molar-refractivity contribution in [3.63, 3.8) is 0 Å². The zero-order chi connectivity index (χ0) is 16.0. The van der Waals surface area contributed by atoms with Crippen LogP contribution in [0.3, 0.4) is 0 Å². The van der Waals surface area contributed by atoms with Crippen LogP contribution in [0.1, 0.15) is 18.7 Å². The van der Waals surface area contributed by atoms with E-state index in [1.807, 2.05) is 0 Å². The van der Waals surface area contributed by atoms with Gasteiger partial charge < -0.3 is 9.72 Å². The molecule has 1 heterocycles. The number of hydrogen-bond donors (Lipinski definition) is 2. The van der Waals surface area contributed by atoms with Gasteiger partial charge in [-0.25, -0.2) is 18.1 Å². The fourth-order valence-electron chi connectivity index (χ4n) is 1.96. The van der Waals surface area contributed by atoms with Gasteiger partial charge in [0.05, 0.1) is 17.0 Å². The molecule has 0 unspecified atom stereocenters. The molecule has 0 saturated heterocycles. The Balaban J connectivity index is 1.84. The zero-order valence-corrected chi connectivity index (χ0v) is 13.7. The van der Waals surface area contributed by atoms with Gasteiger partial charge in [-0.15, -0.1) is 0 Å². The van der Waals surface area contributed by atoms with E-state index in [4.69, 9.17) is 16.3 Å². The second-order valence-corrected chi connectivity index (χ2v) is 6.86. The minimum atomic E-state index is -3.56. The van der Waals surface area contributed by atoms with Gasteiger partial charge in [-0.2, -0.15) is 0 Å². The summed E-state index contributed by atoms with van der Waals surface area (Å²) in [5, 5.41) is 0.267. The van der Waals surface area contributed by atoms with Crippen molar-refractivity contribution >= 4 is 21.6 Å². The molecule has 2 N–H and O–H groups in total. The smallest absolute Gasteiger partial charge is 0.240 e. The van der Waals surface area contributed by atoms with E-state index < -0.39 is 10.0 Å². The number of unbranched alkanes of at least 4 members (excludes halogenated alkanes) is 1. The lowest BCUT2D eigenvalue weighted by atomic mass is 10.2. The van der Waals surface area contributed by atoms with Crippen molar-refractivity contribution in [3.05, 3.63) is 41.4 Å². The van der Waals surface area contributed by atoms with Crippen LogP contribution < -0.4 is 9.46 Å². The number of H-pyrrole nitrogens is 1. The average molecular weight is 344 g/mol. The maximum absolute atomic E-state index is 12.1. The first-order chi connectivity index (χ1) is 10.5. The summed E-state index contributed by atoms with van der Waals surface area (Å²) in [6.45, 7) is 0.368. The van der Waals surface area contributed by atoms with Gasteiger partial charge in [0.15, 0.2) is 0 Å². The summed E-state index contributed by atoms with van der Waals surface area (Å²) in [5.74, 6) is 1.35. The van der Waals surface area contributed by atoms with Gasteiger partial charge in [-0.3, -0.25) is 0 Å². The van der Waals surface area contributed by atoms with Crippen molar-refractivity contribution in [3.8, 4) is 5.75 Å². The number of sulfonamides is 1. The third kappa shape index (κ3) is 4.46. The summed E-state index contributed by atoms with van der Waals surface area (Å²) in [4.78, 5) is 7.26. The summed E-state index contributed by atoms with van der Waals surface area (Å²) in [5.41, 5.74) is 0. The van der Waals surface area contributed by atoms with Crippen LogP contribution >= 0.6 is 11.6 Å². The number of hydrogen-bond acceptors (Lipinski definition) is 4. The number of rotatable bonds is 8. The number of aryl methyl sites for hydroxylation is 1. The Hall–Kier alpha value is -1.57. The number of methoxy groups -OCH3 is 1. The molecule has 2 aromatic rings. The van der Waals surface area contributed by atoms with E-state index in [9.17, 15) is 8.42 Å². The van der Waals surface area contributed by atoms with Crippen LogP contribution in [0, 0.1) is 0 Å². The molecule has 0 spiro atoms. The van der Waals surface area contributed by atoms with Crippen molar-refractivity contribution in [2.75, 3.05) is 13.7 Å². The maximum atomic E-state index is 12.1. The minimum Gasteiger partial charge on any atom is -0.495 e. The van der Waals surface area contributed by atoms with Gasteiger partial charge >= 0.3 is 0 Å². The Bertz CT molecular complexity index is 702. The van der Waals surface area contributed by atoms with E-state index in [0.717, 1.165) is 25.1 Å². The van der Waals surface area contributed by atoms with Crippen LogP contribution in [0.5, 0.6) is 5.75 Å². The first-order valence-electron chi connectivity index (χ1n) is 6.84. The standard InChI is InChI=1S/C14H18ClN3O3S/c1-21-13-6-5-11(10-12(13)15)22(19,20)18-7-3-2-4-14-16-8-9-17-14/h5-6,8-10,18H,2-4,7H2,1H3,(H,16,17). The fourth-order valence-corrected chi connectivity index (χ4v) is 3.38. The highest BCUT2D eigenvalue weighted by Gasteiger charge is 2.15. The molecule has 120 valence electrons. The first kappa shape index (κ1) is 16.8. The predicted octanol–water partition coefficient (Wildman–Crippen LogP) is 2.37. The van der Waals surface area contributed by atoms with E-state index in [1.54, 1.807) is 12.4 Å². The lowest BCUT2D eigenvalue weighted by molar-refractivity contribution is 0.414. The fraction of sp³-hybridized carbons (Fsp3) is 0.357. The van der Waals surface area contributed by atoms with Crippen LogP contribution in [0.15, 0.2) is 35.5 Å². The molecule has 0 fully saturated rings. The lowest BCUT2D eigenvalue weighted by Gasteiger charge is -2.08. The van der Waals surface area contributed by atoms with Crippen LogP contribution in [0.4, 0.5) is 0 Å². The van der Waals surface area contributed by atoms with Gasteiger partial charge in [-0.05, 0) is 31.0 Å². The number of halogens is 1. The van der Waals surface area contributed by atoms with E-state index in [2.05, 4.69) is 14.7 Å². The average Bonchev–Trinajstić information content (AvgIpc) is 3.00. The van der Waals surface area contributed by atoms with Crippen molar-refractivity contribution in [1.82, 2.24) is 14.7 Å². The number of benzene rings is 1. The van der Waals surface area contributed by atoms with Gasteiger partial charge in [0.1, 0.15) is 11.6 Å². The molecule has 22 heavy (non-hydrogen) atoms. The van der Waals surface area contributed by atoms with Crippen molar-refractivity contribution in [1.29, 1.82) is 0 Å². The topological polar surface area (TPSA) is 84.1 Å². The Kier molecular flexibility index (Phi) is 5.82. The highest BCUT2D eigenvalue weighted by Crippen LogP contribution is 2.26. The minimum absolute atomic E-state index is 0.129. The quantitative estimate of drug-likeness (QED) is 0.721. The second-order valence-electron chi connectivity index (χ2n) is 4.69. The van der Waals surface area contributed by atoms with Crippen LogP contribution in [0.25, 0.3) is 0 Å². The van der Waals surface area contributed by atoms with Gasteiger partial charge in [0.2, 0.25) is 10.0 Å². The number of nitrogens with zero attached hydrogens (tertiary/aromatic N) is 1. The molecule has 8 heteroatoms. The molecular weight excluding hydrogens is 326 g/mol. The normalized spacial score (nSPS) is 11.5. The Morgan fingerprint density at radius 1 is 1.36 bits per heavy atom. The Morgan fingerprint density at radius 3 is 2.82 bits per heavy atom. The van der Waals surface area contributed by atoms with E-state index >= 15 is 0 Å². The van der Waals surface area contributed by atoms with Crippen LogP contribution in [0.2, 0.25) is 5.02 Å². The van der Waals surface area contributed by atoms with Gasteiger partial charge in [0.25, 0.3) is 0 Å². The SMILES string of the molecule is COc1ccc(S(=O)(=O)NCCCCc2ncc[nH]2)cc1Cl. The van der Waals surface area contributed by atoms with Crippen LogP contribution in [-0.2, 0) is 16.4 Å². The summed E-state index contributed by atoms with van der Waals surface area (Å²) < 4.78 is 31.9. The lowest BCUT2D eigenvalue weighted by Crippen LogP contribution is -2.24. The Labute approximate surface area is 134 Å². The number of nitrogens with one attached hydrogen (secondary N) is 2. The molecule has 2 rings (SSSR count). The number of aromatic nitrogens is 2. The molecule has 1 aromatic heterocycles. The molecule has 0 saturated carbocycles. The van der Waals surface area contributed by atoms with Crippen molar-refractivity contribution in [2.24, 2.45) is 0 Å². The summed E-state index contributed by atoms with van der Waals surface area (Å²) >= 11 is 5.95. The molecule has 0 atom stereocenters. The highest BCUT2D eigenvalue weighted by molar-refractivity contribution is 7.89. The molecule has 0 aliphatic carbocycles. The van der Waals surface area contributed by atoms with Crippen molar-refractivity contribution < 1.29 is 13.2 Å². The second kappa shape index (κ2) is 7.62. The van der Waals surface area contributed by atoms with Crippen molar-refractivity contribution in [2.45, 2.75) is 24.2 Å². The summed E-state index contributed by atoms with van der Waals surface area (Å²) in [7, 11) is -2.08. The molecule has 1 aromatic carbocycles. The third-order valence-electron chi connectivity index (χ3n) is 3.12. The molecule has 0 aliphatic heterocycles. The molecule has 0 radical (unpaired) electrons. The van der Waals surface area contributed by atoms with Gasteiger partial charge in [0, 0.05) is 25.4 Å². The number of aromatic amines is 1. The summed E-state index contributed by atoms with van der Waals surface area (Å²) in [6.07, 6.45) is 5.84. The molecule has 0 aliphatic rings. The van der Waals surface area contributed by atoms with E-state index in [0.29, 0.717) is 12.3 Å². The number of ether oxygens (including phenoxy) is 1. The van der Waals surface area contributed by atoms with E-state index in [-0.39, 0.29) is 9.92 Å². The predicted molar refractivity (Wildman–Crippen MR) is 84.7 cm³/mol. The first-order valence-corrected chi connectivity index (χ1v) is 8.70.